The summed E-state index contributed by atoms with van der Waals surface area (Å²) in [5, 5.41) is 13.0. The number of nitrogens with one attached hydrogen (secondary N) is 1. The van der Waals surface area contributed by atoms with Crippen LogP contribution in [0.5, 0.6) is 5.75 Å². The molecule has 1 aromatic carbocycles. The van der Waals surface area contributed by atoms with Crippen LogP contribution in [0.1, 0.15) is 45.6 Å². The number of hydrogen-bond acceptors (Lipinski definition) is 3. The number of benzene rings is 1. The quantitative estimate of drug-likeness (QED) is 0.720. The molecule has 0 aromatic heterocycles. The van der Waals surface area contributed by atoms with Gasteiger partial charge in [0.25, 0.3) is 0 Å². The Hall–Kier alpha value is -0.950. The zero-order chi connectivity index (χ0) is 15.9. The Kier molecular flexibility index (Phi) is 7.31. The minimum absolute atomic E-state index is 0.00113. The third kappa shape index (κ3) is 7.04. The molecule has 0 aliphatic carbocycles. The maximum atomic E-state index is 8.51. The van der Waals surface area contributed by atoms with E-state index in [-0.39, 0.29) is 5.54 Å². The molecule has 0 saturated carbocycles. The third-order valence-electron chi connectivity index (χ3n) is 2.82. The molecule has 0 atom stereocenters. The molecular weight excluding hydrogens is 307 g/mol. The minimum Gasteiger partial charge on any atom is -0.492 e. The van der Waals surface area contributed by atoms with Crippen molar-refractivity contribution in [2.24, 2.45) is 0 Å². The van der Waals surface area contributed by atoms with Crippen LogP contribution >= 0.6 is 23.2 Å². The Bertz CT molecular complexity index is 504. The van der Waals surface area contributed by atoms with Crippen molar-refractivity contribution in [1.82, 2.24) is 5.32 Å². The number of nitriles is 1. The average Bonchev–Trinajstić information content (AvgIpc) is 2.37. The van der Waals surface area contributed by atoms with Crippen LogP contribution in [0, 0.1) is 11.3 Å². The molecule has 0 radical (unpaired) electrons. The van der Waals surface area contributed by atoms with Crippen LogP contribution in [0.15, 0.2) is 12.1 Å². The molecule has 0 spiro atoms. The minimum atomic E-state index is -0.00113. The Morgan fingerprint density at radius 1 is 1.24 bits per heavy atom. The molecule has 0 aliphatic rings. The average molecular weight is 329 g/mol. The predicted octanol–water partition coefficient (Wildman–Crippen LogP) is 4.95. The van der Waals surface area contributed by atoms with E-state index in [9.17, 15) is 0 Å². The molecule has 0 bridgehead atoms. The lowest BCUT2D eigenvalue weighted by Crippen LogP contribution is -2.35. The molecule has 21 heavy (non-hydrogen) atoms. The second-order valence-electron chi connectivity index (χ2n) is 5.94. The highest BCUT2D eigenvalue weighted by molar-refractivity contribution is 6.35. The Morgan fingerprint density at radius 3 is 2.57 bits per heavy atom. The van der Waals surface area contributed by atoms with Crippen molar-refractivity contribution >= 4 is 23.2 Å². The van der Waals surface area contributed by atoms with Gasteiger partial charge in [-0.1, -0.05) is 23.2 Å². The van der Waals surface area contributed by atoms with E-state index in [2.05, 4.69) is 32.2 Å². The topological polar surface area (TPSA) is 45.0 Å². The standard InChI is InChI=1S/C16H22Cl2N2O/c1-16(2,3)20-11-12-9-13(17)10-14(18)15(12)21-8-6-4-5-7-19/h9-10,20H,4-6,8,11H2,1-3H3. The summed E-state index contributed by atoms with van der Waals surface area (Å²) in [5.74, 6) is 0.676. The van der Waals surface area contributed by atoms with Gasteiger partial charge in [0, 0.05) is 29.1 Å². The van der Waals surface area contributed by atoms with E-state index in [1.54, 1.807) is 6.07 Å². The largest absolute Gasteiger partial charge is 0.492 e. The van der Waals surface area contributed by atoms with Crippen LogP contribution in [0.3, 0.4) is 0 Å². The second-order valence-corrected chi connectivity index (χ2v) is 6.79. The van der Waals surface area contributed by atoms with E-state index in [1.165, 1.54) is 0 Å². The lowest BCUT2D eigenvalue weighted by atomic mass is 10.1. The van der Waals surface area contributed by atoms with E-state index in [1.807, 2.05) is 6.07 Å². The van der Waals surface area contributed by atoms with Gasteiger partial charge in [-0.05, 0) is 45.7 Å². The molecule has 3 nitrogen and oxygen atoms in total. The van der Waals surface area contributed by atoms with Crippen LogP contribution in [0.25, 0.3) is 0 Å². The summed E-state index contributed by atoms with van der Waals surface area (Å²) in [6, 6.07) is 5.69. The lowest BCUT2D eigenvalue weighted by molar-refractivity contribution is 0.302. The van der Waals surface area contributed by atoms with Gasteiger partial charge in [0.1, 0.15) is 5.75 Å². The fourth-order valence-corrected chi connectivity index (χ4v) is 2.34. The molecule has 5 heteroatoms. The summed E-state index contributed by atoms with van der Waals surface area (Å²) in [6.07, 6.45) is 2.21. The molecule has 1 N–H and O–H groups in total. The van der Waals surface area contributed by atoms with Crippen molar-refractivity contribution in [3.05, 3.63) is 27.7 Å². The van der Waals surface area contributed by atoms with Gasteiger partial charge in [0.15, 0.2) is 0 Å². The first-order chi connectivity index (χ1) is 9.83. The van der Waals surface area contributed by atoms with E-state index < -0.39 is 0 Å². The number of ether oxygens (including phenoxy) is 1. The van der Waals surface area contributed by atoms with Gasteiger partial charge >= 0.3 is 0 Å². The Morgan fingerprint density at radius 2 is 1.95 bits per heavy atom. The van der Waals surface area contributed by atoms with Gasteiger partial charge < -0.3 is 10.1 Å². The van der Waals surface area contributed by atoms with Crippen molar-refractivity contribution < 1.29 is 4.74 Å². The van der Waals surface area contributed by atoms with Crippen LogP contribution in [-0.4, -0.2) is 12.1 Å². The van der Waals surface area contributed by atoms with Crippen molar-refractivity contribution in [3.63, 3.8) is 0 Å². The van der Waals surface area contributed by atoms with E-state index in [4.69, 9.17) is 33.2 Å². The highest BCUT2D eigenvalue weighted by Gasteiger charge is 2.14. The first-order valence-electron chi connectivity index (χ1n) is 7.06. The lowest BCUT2D eigenvalue weighted by Gasteiger charge is -2.22. The second kappa shape index (κ2) is 8.48. The highest BCUT2D eigenvalue weighted by Crippen LogP contribution is 2.33. The number of hydrogen-bond donors (Lipinski definition) is 1. The molecule has 0 saturated heterocycles. The molecule has 1 rings (SSSR count). The Labute approximate surface area is 137 Å². The molecule has 0 heterocycles. The summed E-state index contributed by atoms with van der Waals surface area (Å²) in [5.41, 5.74) is 0.946. The third-order valence-corrected chi connectivity index (χ3v) is 3.32. The number of unbranched alkanes of at least 4 members (excludes halogenated alkanes) is 2. The van der Waals surface area contributed by atoms with Gasteiger partial charge in [-0.25, -0.2) is 0 Å². The highest BCUT2D eigenvalue weighted by atomic mass is 35.5. The van der Waals surface area contributed by atoms with Crippen LogP contribution in [0.2, 0.25) is 10.0 Å². The van der Waals surface area contributed by atoms with Crippen molar-refractivity contribution in [3.8, 4) is 11.8 Å². The zero-order valence-electron chi connectivity index (χ0n) is 12.8. The van der Waals surface area contributed by atoms with E-state index >= 15 is 0 Å². The normalized spacial score (nSPS) is 11.2. The SMILES string of the molecule is CC(C)(C)NCc1cc(Cl)cc(Cl)c1OCCCCC#N. The Balaban J connectivity index is 2.73. The first-order valence-corrected chi connectivity index (χ1v) is 7.82. The first kappa shape index (κ1) is 18.1. The van der Waals surface area contributed by atoms with E-state index in [0.717, 1.165) is 18.4 Å². The molecule has 0 unspecified atom stereocenters. The van der Waals surface area contributed by atoms with Crippen LogP contribution < -0.4 is 10.1 Å². The molecule has 0 fully saturated rings. The van der Waals surface area contributed by atoms with Crippen LogP contribution in [-0.2, 0) is 6.54 Å². The summed E-state index contributed by atoms with van der Waals surface area (Å²) < 4.78 is 5.79. The molecular formula is C16H22Cl2N2O. The summed E-state index contributed by atoms with van der Waals surface area (Å²) in [7, 11) is 0. The van der Waals surface area contributed by atoms with Crippen molar-refractivity contribution in [2.45, 2.75) is 52.1 Å². The summed E-state index contributed by atoms with van der Waals surface area (Å²) >= 11 is 12.3. The van der Waals surface area contributed by atoms with Gasteiger partial charge in [-0.15, -0.1) is 0 Å². The summed E-state index contributed by atoms with van der Waals surface area (Å²) in [4.78, 5) is 0. The maximum absolute atomic E-state index is 8.51. The molecule has 0 amide bonds. The number of nitrogens with zero attached hydrogens (tertiary/aromatic N) is 1. The van der Waals surface area contributed by atoms with Gasteiger partial charge in [-0.2, -0.15) is 5.26 Å². The van der Waals surface area contributed by atoms with Gasteiger partial charge in [0.2, 0.25) is 0 Å². The fraction of sp³-hybridized carbons (Fsp3) is 0.562. The van der Waals surface area contributed by atoms with E-state index in [0.29, 0.717) is 35.4 Å². The monoisotopic (exact) mass is 328 g/mol. The van der Waals surface area contributed by atoms with Gasteiger partial charge in [-0.3, -0.25) is 0 Å². The fourth-order valence-electron chi connectivity index (χ4n) is 1.75. The smallest absolute Gasteiger partial charge is 0.142 e. The van der Waals surface area contributed by atoms with Crippen LogP contribution in [0.4, 0.5) is 0 Å². The van der Waals surface area contributed by atoms with Crippen molar-refractivity contribution in [1.29, 1.82) is 5.26 Å². The molecule has 116 valence electrons. The predicted molar refractivity (Wildman–Crippen MR) is 88.0 cm³/mol. The molecule has 1 aromatic rings. The molecule has 0 aliphatic heterocycles. The van der Waals surface area contributed by atoms with Gasteiger partial charge in [0.05, 0.1) is 17.7 Å². The maximum Gasteiger partial charge on any atom is 0.142 e. The zero-order valence-corrected chi connectivity index (χ0v) is 14.3. The summed E-state index contributed by atoms with van der Waals surface area (Å²) in [6.45, 7) is 7.48. The van der Waals surface area contributed by atoms with Crippen molar-refractivity contribution in [2.75, 3.05) is 6.61 Å². The number of halogens is 2. The number of rotatable bonds is 7.